The van der Waals surface area contributed by atoms with Crippen LogP contribution < -0.4 is 16.0 Å². The zero-order valence-corrected chi connectivity index (χ0v) is 27.4. The highest BCUT2D eigenvalue weighted by Crippen LogP contribution is 2.35. The van der Waals surface area contributed by atoms with Crippen LogP contribution in [-0.4, -0.2) is 125 Å². The normalized spacial score (nSPS) is 10.6. The van der Waals surface area contributed by atoms with E-state index in [0.29, 0.717) is 7.14 Å². The van der Waals surface area contributed by atoms with E-state index in [1.807, 2.05) is 45.2 Å². The van der Waals surface area contributed by atoms with Gasteiger partial charge >= 0.3 is 0 Å². The number of hydrogen-bond acceptors (Lipinski definition) is 9. The molecule has 0 spiro atoms. The van der Waals surface area contributed by atoms with Gasteiger partial charge < -0.3 is 46.2 Å². The van der Waals surface area contributed by atoms with E-state index in [-0.39, 0.29) is 73.0 Å². The molecule has 39 heavy (non-hydrogen) atoms. The molecule has 0 radical (unpaired) electrons. The maximum atomic E-state index is 13.2. The molecule has 0 bridgehead atoms. The minimum absolute atomic E-state index is 0.0164. The van der Waals surface area contributed by atoms with Crippen LogP contribution in [0, 0.1) is 10.7 Å². The molecule has 0 saturated carbocycles. The Hall–Kier alpha value is -1.40. The summed E-state index contributed by atoms with van der Waals surface area (Å²) in [6, 6.07) is 0. The molecule has 1 aromatic carbocycles. The molecule has 0 unspecified atom stereocenters. The summed E-state index contributed by atoms with van der Waals surface area (Å²) < 4.78 is 0.832. The number of anilines is 1. The Morgan fingerprint density at radius 2 is 0.974 bits per heavy atom. The molecule has 5 amide bonds. The van der Waals surface area contributed by atoms with E-state index in [4.69, 9.17) is 20.4 Å². The molecule has 14 nitrogen and oxygen atoms in total. The van der Waals surface area contributed by atoms with Crippen molar-refractivity contribution >= 4 is 103 Å². The maximum absolute atomic E-state index is 13.2. The quantitative estimate of drug-likeness (QED) is 0.103. The number of aliphatic hydroxyl groups excluding tert-OH is 4. The highest BCUT2D eigenvalue weighted by molar-refractivity contribution is 14.1. The molecule has 0 aliphatic carbocycles. The molecule has 0 aliphatic rings. The summed E-state index contributed by atoms with van der Waals surface area (Å²) in [7, 11) is 0. The summed E-state index contributed by atoms with van der Waals surface area (Å²) in [5, 5.41) is 44.1. The van der Waals surface area contributed by atoms with E-state index in [1.54, 1.807) is 22.6 Å². The van der Waals surface area contributed by atoms with Crippen LogP contribution in [0.15, 0.2) is 0 Å². The van der Waals surface area contributed by atoms with Crippen molar-refractivity contribution in [3.05, 3.63) is 21.8 Å². The van der Waals surface area contributed by atoms with Crippen LogP contribution in [0.1, 0.15) is 27.6 Å². The number of nitrogens with zero attached hydrogens (tertiary/aromatic N) is 2. The number of hydrogen-bond donors (Lipinski definition) is 7. The molecule has 1 rings (SSSR count). The van der Waals surface area contributed by atoms with Crippen molar-refractivity contribution in [1.29, 1.82) is 0 Å². The smallest absolute Gasteiger partial charge is 0.253 e. The summed E-state index contributed by atoms with van der Waals surface area (Å²) in [5.74, 6) is -2.97. The van der Waals surface area contributed by atoms with Crippen molar-refractivity contribution in [1.82, 2.24) is 20.4 Å². The number of amides is 5. The Bertz CT molecular complexity index is 991. The third kappa shape index (κ3) is 10.5. The zero-order valence-electron chi connectivity index (χ0n) is 20.9. The molecule has 0 aromatic heterocycles. The lowest BCUT2D eigenvalue weighted by Crippen LogP contribution is -2.43. The molecule has 0 saturated heterocycles. The van der Waals surface area contributed by atoms with Gasteiger partial charge in [0.05, 0.1) is 63.5 Å². The fourth-order valence-corrected chi connectivity index (χ4v) is 7.68. The third-order valence-corrected chi connectivity index (χ3v) is 8.29. The van der Waals surface area contributed by atoms with Crippen molar-refractivity contribution < 1.29 is 44.4 Å². The van der Waals surface area contributed by atoms with Gasteiger partial charge in [-0.25, -0.2) is 0 Å². The first-order valence-electron chi connectivity index (χ1n) is 11.5. The van der Waals surface area contributed by atoms with Crippen LogP contribution in [-0.2, 0) is 14.4 Å². The SMILES string of the molecule is CC(=O)Nc1c(I)c(C(=O)NCC(=O)N(CCO)CCO)c(I)c(C(=O)NCC(=O)N(CCO)CCO)c1I. The Kier molecular flexibility index (Phi) is 16.5. The van der Waals surface area contributed by atoms with E-state index in [9.17, 15) is 24.0 Å². The van der Waals surface area contributed by atoms with Gasteiger partial charge in [-0.15, -0.1) is 0 Å². The van der Waals surface area contributed by atoms with Crippen LogP contribution in [0.4, 0.5) is 5.69 Å². The number of rotatable bonds is 15. The van der Waals surface area contributed by atoms with Gasteiger partial charge in [0, 0.05) is 36.7 Å². The van der Waals surface area contributed by atoms with Crippen molar-refractivity contribution in [2.75, 3.05) is 71.0 Å². The largest absolute Gasteiger partial charge is 0.395 e. The average molecular weight is 889 g/mol. The summed E-state index contributed by atoms with van der Waals surface area (Å²) in [5.41, 5.74) is 0.229. The number of halogens is 3. The predicted octanol–water partition coefficient (Wildman–Crippen LogP) is -1.46. The highest BCUT2D eigenvalue weighted by Gasteiger charge is 2.29. The first-order chi connectivity index (χ1) is 18.4. The molecule has 218 valence electrons. The topological polar surface area (TPSA) is 209 Å². The Morgan fingerprint density at radius 3 is 1.26 bits per heavy atom. The van der Waals surface area contributed by atoms with Gasteiger partial charge in [0.2, 0.25) is 17.7 Å². The van der Waals surface area contributed by atoms with Crippen molar-refractivity contribution in [3.63, 3.8) is 0 Å². The number of carbonyl (C=O) groups is 5. The van der Waals surface area contributed by atoms with E-state index >= 15 is 0 Å². The Morgan fingerprint density at radius 1 is 0.641 bits per heavy atom. The molecule has 0 aliphatic heterocycles. The molecule has 17 heteroatoms. The summed E-state index contributed by atoms with van der Waals surface area (Å²) in [6.07, 6.45) is 0. The van der Waals surface area contributed by atoms with Gasteiger partial charge in [0.25, 0.3) is 11.8 Å². The molecule has 0 heterocycles. The molecule has 1 aromatic rings. The number of carbonyl (C=O) groups excluding carboxylic acids is 5. The standard InChI is InChI=1S/C22H30I3N5O9/c1-12(35)28-20-18(24)15(21(38)26-10-13(36)29(2-6-31)3-7-32)17(23)16(19(20)25)22(39)27-11-14(37)30(4-8-33)5-9-34/h31-34H,2-11H2,1H3,(H,26,38)(H,27,39)(H,28,35). The second-order valence-corrected chi connectivity index (χ2v) is 11.0. The highest BCUT2D eigenvalue weighted by atomic mass is 127. The zero-order chi connectivity index (χ0) is 29.7. The second kappa shape index (κ2) is 18.1. The van der Waals surface area contributed by atoms with Crippen LogP contribution in [0.25, 0.3) is 0 Å². The summed E-state index contributed by atoms with van der Waals surface area (Å²) in [4.78, 5) is 65.6. The number of benzene rings is 1. The van der Waals surface area contributed by atoms with Crippen LogP contribution in [0.3, 0.4) is 0 Å². The lowest BCUT2D eigenvalue weighted by molar-refractivity contribution is -0.131. The number of nitrogens with one attached hydrogen (secondary N) is 3. The lowest BCUT2D eigenvalue weighted by Gasteiger charge is -2.22. The summed E-state index contributed by atoms with van der Waals surface area (Å²) >= 11 is 5.50. The first kappa shape index (κ1) is 35.6. The molecule has 7 N–H and O–H groups in total. The first-order valence-corrected chi connectivity index (χ1v) is 14.7. The van der Waals surface area contributed by atoms with Crippen LogP contribution >= 0.6 is 67.8 Å². The minimum atomic E-state index is -0.713. The molecule has 0 fully saturated rings. The van der Waals surface area contributed by atoms with E-state index < -0.39 is 42.6 Å². The minimum Gasteiger partial charge on any atom is -0.395 e. The van der Waals surface area contributed by atoms with Crippen molar-refractivity contribution in [2.45, 2.75) is 6.92 Å². The fraction of sp³-hybridized carbons (Fsp3) is 0.500. The van der Waals surface area contributed by atoms with Gasteiger partial charge in [-0.1, -0.05) is 0 Å². The van der Waals surface area contributed by atoms with Gasteiger partial charge in [-0.3, -0.25) is 24.0 Å². The monoisotopic (exact) mass is 889 g/mol. The average Bonchev–Trinajstić information content (AvgIpc) is 2.88. The van der Waals surface area contributed by atoms with E-state index in [0.717, 1.165) is 0 Å². The van der Waals surface area contributed by atoms with Crippen molar-refractivity contribution in [3.8, 4) is 0 Å². The second-order valence-electron chi connectivity index (χ2n) is 7.77. The Balaban J connectivity index is 3.34. The van der Waals surface area contributed by atoms with E-state index in [1.165, 1.54) is 16.7 Å². The summed E-state index contributed by atoms with van der Waals surface area (Å²) in [6.45, 7) is -1.07. The lowest BCUT2D eigenvalue weighted by atomic mass is 10.1. The molecular formula is C22H30I3N5O9. The van der Waals surface area contributed by atoms with E-state index in [2.05, 4.69) is 16.0 Å². The maximum Gasteiger partial charge on any atom is 0.253 e. The number of aliphatic hydroxyl groups is 4. The van der Waals surface area contributed by atoms with Gasteiger partial charge in [0.15, 0.2) is 0 Å². The van der Waals surface area contributed by atoms with Gasteiger partial charge in [0.1, 0.15) is 0 Å². The van der Waals surface area contributed by atoms with Gasteiger partial charge in [-0.2, -0.15) is 0 Å². The fourth-order valence-electron chi connectivity index (χ4n) is 3.27. The Labute approximate surface area is 265 Å². The van der Waals surface area contributed by atoms with Gasteiger partial charge in [-0.05, 0) is 67.8 Å². The molecular weight excluding hydrogens is 859 g/mol. The van der Waals surface area contributed by atoms with Crippen LogP contribution in [0.2, 0.25) is 0 Å². The van der Waals surface area contributed by atoms with Crippen LogP contribution in [0.5, 0.6) is 0 Å². The third-order valence-electron chi connectivity index (χ3n) is 5.06. The predicted molar refractivity (Wildman–Crippen MR) is 165 cm³/mol. The van der Waals surface area contributed by atoms with Crippen molar-refractivity contribution in [2.24, 2.45) is 0 Å². The molecule has 0 atom stereocenters.